The van der Waals surface area contributed by atoms with E-state index in [2.05, 4.69) is 16.6 Å². The Morgan fingerprint density at radius 3 is 2.40 bits per heavy atom. The summed E-state index contributed by atoms with van der Waals surface area (Å²) in [6.45, 7) is 9.28. The first kappa shape index (κ1) is 32.1. The van der Waals surface area contributed by atoms with Crippen molar-refractivity contribution in [2.24, 2.45) is 11.8 Å². The van der Waals surface area contributed by atoms with E-state index >= 15 is 0 Å². The summed E-state index contributed by atoms with van der Waals surface area (Å²) in [4.78, 5) is 40.8. The third-order valence-corrected chi connectivity index (χ3v) is 8.93. The van der Waals surface area contributed by atoms with Crippen LogP contribution in [0.3, 0.4) is 0 Å². The minimum absolute atomic E-state index is 0.156. The number of hydrogen-bond donors (Lipinski definition) is 2. The number of ether oxygens (including phenoxy) is 2. The molecule has 0 saturated heterocycles. The maximum absolute atomic E-state index is 13.4. The number of hydrogen-bond acceptors (Lipinski definition) is 7. The van der Waals surface area contributed by atoms with Gasteiger partial charge in [-0.15, -0.1) is 6.58 Å². The Bertz CT molecular complexity index is 1430. The van der Waals surface area contributed by atoms with E-state index in [0.717, 1.165) is 31.2 Å². The van der Waals surface area contributed by atoms with Gasteiger partial charge in [0.25, 0.3) is 15.9 Å². The highest BCUT2D eigenvalue weighted by Crippen LogP contribution is 2.45. The molecule has 2 aliphatic rings. The minimum Gasteiger partial charge on any atom is -0.489 e. The second-order valence-electron chi connectivity index (χ2n) is 12.3. The molecule has 0 bridgehead atoms. The van der Waals surface area contributed by atoms with Gasteiger partial charge in [-0.05, 0) is 63.6 Å². The highest BCUT2D eigenvalue weighted by atomic mass is 32.2. The molecule has 2 aliphatic carbocycles. The van der Waals surface area contributed by atoms with Gasteiger partial charge in [-0.25, -0.2) is 17.9 Å². The molecule has 0 spiro atoms. The summed E-state index contributed by atoms with van der Waals surface area (Å²) in [6.07, 6.45) is 5.14. The molecule has 10 nitrogen and oxygen atoms in total. The van der Waals surface area contributed by atoms with Gasteiger partial charge in [0.15, 0.2) is 0 Å². The third-order valence-electron chi connectivity index (χ3n) is 7.60. The smallest absolute Gasteiger partial charge is 0.410 e. The molecule has 2 fully saturated rings. The van der Waals surface area contributed by atoms with E-state index in [1.807, 2.05) is 30.3 Å². The Kier molecular flexibility index (Phi) is 9.84. The average Bonchev–Trinajstić information content (AvgIpc) is 3.42. The van der Waals surface area contributed by atoms with E-state index in [9.17, 15) is 22.8 Å². The molecule has 3 amide bonds. The van der Waals surface area contributed by atoms with Crippen molar-refractivity contribution in [3.05, 3.63) is 72.8 Å². The molecule has 43 heavy (non-hydrogen) atoms. The van der Waals surface area contributed by atoms with Gasteiger partial charge in [0.2, 0.25) is 5.91 Å². The number of carbonyl (C=O) groups excluding carboxylic acids is 3. The summed E-state index contributed by atoms with van der Waals surface area (Å²) in [5.74, 6) is -1.35. The Balaban J connectivity index is 1.43. The zero-order valence-electron chi connectivity index (χ0n) is 25.0. The van der Waals surface area contributed by atoms with Gasteiger partial charge >= 0.3 is 6.09 Å². The normalized spacial score (nSPS) is 20.1. The van der Waals surface area contributed by atoms with Crippen molar-refractivity contribution in [1.29, 1.82) is 0 Å². The van der Waals surface area contributed by atoms with Gasteiger partial charge in [0.1, 0.15) is 30.0 Å². The molecule has 2 aromatic rings. The van der Waals surface area contributed by atoms with Crippen LogP contribution < -0.4 is 14.8 Å². The fourth-order valence-corrected chi connectivity index (χ4v) is 6.35. The molecular formula is C32H41N3O7S. The van der Waals surface area contributed by atoms with E-state index in [1.165, 1.54) is 29.2 Å². The summed E-state index contributed by atoms with van der Waals surface area (Å²) in [5, 5.41) is 2.70. The van der Waals surface area contributed by atoms with Crippen molar-refractivity contribution in [1.82, 2.24) is 14.9 Å². The molecule has 0 aromatic heterocycles. The van der Waals surface area contributed by atoms with E-state index in [1.54, 1.807) is 26.8 Å². The molecule has 2 aromatic carbocycles. The van der Waals surface area contributed by atoms with Gasteiger partial charge in [-0.1, -0.05) is 55.3 Å². The first-order valence-electron chi connectivity index (χ1n) is 14.6. The molecule has 2 saturated carbocycles. The fraction of sp³-hybridized carbons (Fsp3) is 0.469. The molecular weight excluding hydrogens is 570 g/mol. The fourth-order valence-electron chi connectivity index (χ4n) is 5.27. The van der Waals surface area contributed by atoms with Crippen LogP contribution in [0.5, 0.6) is 5.75 Å². The zero-order valence-corrected chi connectivity index (χ0v) is 25.8. The number of rotatable bonds is 12. The molecule has 0 radical (unpaired) electrons. The van der Waals surface area contributed by atoms with Crippen molar-refractivity contribution < 1.29 is 32.3 Å². The Morgan fingerprint density at radius 1 is 1.07 bits per heavy atom. The molecule has 2 atom stereocenters. The number of sulfonamides is 1. The van der Waals surface area contributed by atoms with Crippen LogP contribution in [0.1, 0.15) is 58.4 Å². The monoisotopic (exact) mass is 611 g/mol. The van der Waals surface area contributed by atoms with Crippen molar-refractivity contribution in [3.63, 3.8) is 0 Å². The Morgan fingerprint density at radius 2 is 1.77 bits per heavy atom. The van der Waals surface area contributed by atoms with E-state index in [0.29, 0.717) is 12.3 Å². The number of benzene rings is 2. The lowest BCUT2D eigenvalue weighted by molar-refractivity contribution is -0.129. The predicted molar refractivity (Wildman–Crippen MR) is 161 cm³/mol. The summed E-state index contributed by atoms with van der Waals surface area (Å²) >= 11 is 0. The number of amides is 3. The molecule has 4 rings (SSSR count). The van der Waals surface area contributed by atoms with Gasteiger partial charge in [-0.3, -0.25) is 14.5 Å². The summed E-state index contributed by atoms with van der Waals surface area (Å²) in [6, 6.07) is 15.3. The quantitative estimate of drug-likeness (QED) is 0.337. The maximum Gasteiger partial charge on any atom is 0.410 e. The van der Waals surface area contributed by atoms with Crippen LogP contribution in [0.15, 0.2) is 72.1 Å². The standard InChI is InChI=1S/C32H41N3O7S/c1-5-25-19-32(25,33-28(36)21-35(20-23-12-9-10-13-23)30(38)42-31(2,3)4)29(37)34-43(39,40)27-17-11-16-26(18-27)41-22-24-14-7-6-8-15-24/h5-8,11,14-18,23,25H,1,9-10,12-13,19-22H2,2-4H3,(H,33,36)(H,34,37)/t25-,32-/m1/s1. The lowest BCUT2D eigenvalue weighted by atomic mass is 10.1. The van der Waals surface area contributed by atoms with Crippen LogP contribution in [-0.2, 0) is 31.0 Å². The van der Waals surface area contributed by atoms with Crippen LogP contribution >= 0.6 is 0 Å². The Labute approximate surface area is 253 Å². The largest absolute Gasteiger partial charge is 0.489 e. The van der Waals surface area contributed by atoms with Crippen LogP contribution in [0, 0.1) is 11.8 Å². The van der Waals surface area contributed by atoms with Gasteiger partial charge < -0.3 is 14.8 Å². The third kappa shape index (κ3) is 8.59. The van der Waals surface area contributed by atoms with Crippen molar-refractivity contribution in [2.75, 3.05) is 13.1 Å². The topological polar surface area (TPSA) is 131 Å². The lowest BCUT2D eigenvalue weighted by Gasteiger charge is -2.29. The van der Waals surface area contributed by atoms with Gasteiger partial charge in [0, 0.05) is 18.5 Å². The van der Waals surface area contributed by atoms with E-state index in [4.69, 9.17) is 9.47 Å². The number of nitrogens with one attached hydrogen (secondary N) is 2. The van der Waals surface area contributed by atoms with Crippen molar-refractivity contribution in [2.45, 2.75) is 75.5 Å². The van der Waals surface area contributed by atoms with Crippen LogP contribution in [0.25, 0.3) is 0 Å². The Hall–Kier alpha value is -3.86. The number of carbonyl (C=O) groups is 3. The van der Waals surface area contributed by atoms with Crippen LogP contribution in [0.4, 0.5) is 4.79 Å². The molecule has 0 heterocycles. The summed E-state index contributed by atoms with van der Waals surface area (Å²) < 4.78 is 39.8. The van der Waals surface area contributed by atoms with Gasteiger partial charge in [0.05, 0.1) is 4.90 Å². The number of nitrogens with zero attached hydrogens (tertiary/aromatic N) is 1. The predicted octanol–water partition coefficient (Wildman–Crippen LogP) is 4.56. The molecule has 11 heteroatoms. The molecule has 0 aliphatic heterocycles. The molecule has 232 valence electrons. The van der Waals surface area contributed by atoms with Crippen LogP contribution in [-0.4, -0.2) is 55.5 Å². The van der Waals surface area contributed by atoms with Crippen LogP contribution in [0.2, 0.25) is 0 Å². The van der Waals surface area contributed by atoms with Crippen molar-refractivity contribution in [3.8, 4) is 5.75 Å². The summed E-state index contributed by atoms with van der Waals surface area (Å²) in [5.41, 5.74) is -1.33. The highest BCUT2D eigenvalue weighted by molar-refractivity contribution is 7.90. The highest BCUT2D eigenvalue weighted by Gasteiger charge is 2.60. The van der Waals surface area contributed by atoms with Crippen molar-refractivity contribution >= 4 is 27.9 Å². The first-order valence-corrected chi connectivity index (χ1v) is 16.1. The lowest BCUT2D eigenvalue weighted by Crippen LogP contribution is -2.54. The molecule has 2 N–H and O–H groups in total. The first-order chi connectivity index (χ1) is 20.3. The minimum atomic E-state index is -4.30. The second-order valence-corrected chi connectivity index (χ2v) is 13.9. The maximum atomic E-state index is 13.4. The van der Waals surface area contributed by atoms with E-state index in [-0.39, 0.29) is 30.4 Å². The van der Waals surface area contributed by atoms with Gasteiger partial charge in [-0.2, -0.15) is 0 Å². The average molecular weight is 612 g/mol. The van der Waals surface area contributed by atoms with E-state index < -0.39 is 45.0 Å². The molecule has 0 unspecified atom stereocenters. The summed E-state index contributed by atoms with van der Waals surface area (Å²) in [7, 11) is -4.30. The second kappa shape index (κ2) is 13.2. The SMILES string of the molecule is C=C[C@@H]1C[C@]1(NC(=O)CN(CC1CCCC1)C(=O)OC(C)(C)C)C(=O)NS(=O)(=O)c1cccc(OCc2ccccc2)c1. The zero-order chi connectivity index (χ0) is 31.3.